The molecule has 2 N–H and O–H groups in total. The summed E-state index contributed by atoms with van der Waals surface area (Å²) in [7, 11) is 0. The summed E-state index contributed by atoms with van der Waals surface area (Å²) in [6.45, 7) is 8.47. The summed E-state index contributed by atoms with van der Waals surface area (Å²) >= 11 is 0. The van der Waals surface area contributed by atoms with E-state index in [4.69, 9.17) is 9.47 Å². The minimum absolute atomic E-state index is 0.202. The lowest BCUT2D eigenvalue weighted by atomic mass is 9.90. The SMILES string of the molecule is CC(C)(C)OC(=O)NC1CCC(NCC2CCN(C(=O)OCc3ccccc3)CC2)CC1. The van der Waals surface area contributed by atoms with Crippen molar-refractivity contribution in [3.8, 4) is 0 Å². The molecule has 1 aromatic rings. The topological polar surface area (TPSA) is 79.9 Å². The van der Waals surface area contributed by atoms with Crippen LogP contribution in [0.3, 0.4) is 0 Å². The Bertz CT molecular complexity index is 718. The van der Waals surface area contributed by atoms with Crippen molar-refractivity contribution < 1.29 is 19.1 Å². The minimum Gasteiger partial charge on any atom is -0.445 e. The molecule has 0 spiro atoms. The fraction of sp³-hybridized carbons (Fsp3) is 0.680. The Hall–Kier alpha value is -2.28. The molecule has 1 heterocycles. The molecule has 3 rings (SSSR count). The number of carbonyl (C=O) groups excluding carboxylic acids is 2. The number of likely N-dealkylation sites (tertiary alicyclic amines) is 1. The number of nitrogens with zero attached hydrogens (tertiary/aromatic N) is 1. The van der Waals surface area contributed by atoms with Crippen LogP contribution < -0.4 is 10.6 Å². The van der Waals surface area contributed by atoms with E-state index in [0.717, 1.165) is 63.7 Å². The van der Waals surface area contributed by atoms with Crippen molar-refractivity contribution in [1.29, 1.82) is 0 Å². The van der Waals surface area contributed by atoms with Gasteiger partial charge in [-0.2, -0.15) is 0 Å². The van der Waals surface area contributed by atoms with Gasteiger partial charge in [0.2, 0.25) is 0 Å². The van der Waals surface area contributed by atoms with Crippen LogP contribution in [0.2, 0.25) is 0 Å². The van der Waals surface area contributed by atoms with Crippen LogP contribution in [0.15, 0.2) is 30.3 Å². The third kappa shape index (κ3) is 8.34. The highest BCUT2D eigenvalue weighted by molar-refractivity contribution is 5.68. The second-order valence-corrected chi connectivity index (χ2v) is 10.1. The summed E-state index contributed by atoms with van der Waals surface area (Å²) in [4.78, 5) is 26.1. The van der Waals surface area contributed by atoms with E-state index in [1.54, 1.807) is 0 Å². The molecule has 1 aliphatic heterocycles. The molecule has 1 aliphatic carbocycles. The molecule has 2 fully saturated rings. The van der Waals surface area contributed by atoms with E-state index in [1.807, 2.05) is 56.0 Å². The second kappa shape index (κ2) is 11.5. The van der Waals surface area contributed by atoms with Gasteiger partial charge in [-0.3, -0.25) is 0 Å². The van der Waals surface area contributed by atoms with Gasteiger partial charge in [-0.15, -0.1) is 0 Å². The fourth-order valence-electron chi connectivity index (χ4n) is 4.38. The Labute approximate surface area is 192 Å². The first-order valence-corrected chi connectivity index (χ1v) is 12.0. The van der Waals surface area contributed by atoms with E-state index < -0.39 is 5.60 Å². The number of carbonyl (C=O) groups is 2. The number of rotatable bonds is 6. The van der Waals surface area contributed by atoms with Crippen molar-refractivity contribution in [3.63, 3.8) is 0 Å². The molecule has 0 unspecified atom stereocenters. The van der Waals surface area contributed by atoms with Gasteiger partial charge in [0.1, 0.15) is 12.2 Å². The first kappa shape index (κ1) is 24.4. The quantitative estimate of drug-likeness (QED) is 0.676. The van der Waals surface area contributed by atoms with E-state index in [1.165, 1.54) is 0 Å². The van der Waals surface area contributed by atoms with Gasteiger partial charge >= 0.3 is 12.2 Å². The smallest absolute Gasteiger partial charge is 0.410 e. The summed E-state index contributed by atoms with van der Waals surface area (Å²) < 4.78 is 10.8. The monoisotopic (exact) mass is 445 g/mol. The molecule has 1 saturated carbocycles. The van der Waals surface area contributed by atoms with Gasteiger partial charge in [-0.25, -0.2) is 9.59 Å². The summed E-state index contributed by atoms with van der Waals surface area (Å²) in [5.74, 6) is 0.589. The Morgan fingerprint density at radius 1 is 0.969 bits per heavy atom. The Kier molecular flexibility index (Phi) is 8.79. The molecule has 32 heavy (non-hydrogen) atoms. The molecule has 0 atom stereocenters. The standard InChI is InChI=1S/C25H39N3O4/c1-25(2,3)32-23(29)27-22-11-9-21(10-12-22)26-17-19-13-15-28(16-14-19)24(30)31-18-20-7-5-4-6-8-20/h4-8,19,21-22,26H,9-18H2,1-3H3,(H,27,29). The van der Waals surface area contributed by atoms with Gasteiger partial charge in [0.25, 0.3) is 0 Å². The Balaban J connectivity index is 1.27. The molecule has 0 aromatic heterocycles. The molecule has 0 bridgehead atoms. The van der Waals surface area contributed by atoms with Crippen LogP contribution in [-0.2, 0) is 16.1 Å². The summed E-state index contributed by atoms with van der Waals surface area (Å²) in [6.07, 6.45) is 5.55. The minimum atomic E-state index is -0.461. The third-order valence-corrected chi connectivity index (χ3v) is 6.22. The Morgan fingerprint density at radius 2 is 1.59 bits per heavy atom. The number of hydrogen-bond acceptors (Lipinski definition) is 5. The van der Waals surface area contributed by atoms with Gasteiger partial charge in [0, 0.05) is 25.2 Å². The number of nitrogens with one attached hydrogen (secondary N) is 2. The highest BCUT2D eigenvalue weighted by atomic mass is 16.6. The largest absolute Gasteiger partial charge is 0.445 e. The summed E-state index contributed by atoms with van der Waals surface area (Å²) in [6, 6.07) is 10.5. The van der Waals surface area contributed by atoms with Crippen molar-refractivity contribution in [3.05, 3.63) is 35.9 Å². The normalized spacial score (nSPS) is 22.3. The molecule has 7 heteroatoms. The van der Waals surface area contributed by atoms with Crippen molar-refractivity contribution in [2.45, 2.75) is 83.6 Å². The van der Waals surface area contributed by atoms with E-state index in [2.05, 4.69) is 10.6 Å². The zero-order valence-electron chi connectivity index (χ0n) is 19.8. The van der Waals surface area contributed by atoms with Crippen LogP contribution in [0.1, 0.15) is 64.9 Å². The molecule has 1 saturated heterocycles. The van der Waals surface area contributed by atoms with Crippen LogP contribution in [0.4, 0.5) is 9.59 Å². The summed E-state index contributed by atoms with van der Waals surface area (Å²) in [5.41, 5.74) is 0.549. The zero-order valence-corrected chi connectivity index (χ0v) is 19.8. The van der Waals surface area contributed by atoms with Gasteiger partial charge < -0.3 is 25.0 Å². The van der Waals surface area contributed by atoms with Gasteiger partial charge in [0.05, 0.1) is 0 Å². The van der Waals surface area contributed by atoms with Crippen LogP contribution in [0, 0.1) is 5.92 Å². The predicted molar refractivity (Wildman–Crippen MR) is 124 cm³/mol. The Morgan fingerprint density at radius 3 is 2.22 bits per heavy atom. The second-order valence-electron chi connectivity index (χ2n) is 10.1. The lowest BCUT2D eigenvalue weighted by Gasteiger charge is -2.34. The summed E-state index contributed by atoms with van der Waals surface area (Å²) in [5, 5.41) is 6.71. The molecular weight excluding hydrogens is 406 g/mol. The van der Waals surface area contributed by atoms with E-state index in [-0.39, 0.29) is 18.2 Å². The van der Waals surface area contributed by atoms with Gasteiger partial charge in [-0.1, -0.05) is 30.3 Å². The number of ether oxygens (including phenoxy) is 2. The molecule has 2 aliphatic rings. The lowest BCUT2D eigenvalue weighted by Crippen LogP contribution is -2.46. The van der Waals surface area contributed by atoms with Gasteiger partial charge in [0.15, 0.2) is 0 Å². The molecule has 2 amide bonds. The average molecular weight is 446 g/mol. The fourth-order valence-corrected chi connectivity index (χ4v) is 4.38. The van der Waals surface area contributed by atoms with Crippen molar-refractivity contribution >= 4 is 12.2 Å². The van der Waals surface area contributed by atoms with Crippen molar-refractivity contribution in [1.82, 2.24) is 15.5 Å². The zero-order chi connectivity index (χ0) is 23.0. The van der Waals surface area contributed by atoms with Crippen LogP contribution in [0.25, 0.3) is 0 Å². The maximum Gasteiger partial charge on any atom is 0.410 e. The molecule has 178 valence electrons. The van der Waals surface area contributed by atoms with E-state index in [9.17, 15) is 9.59 Å². The highest BCUT2D eigenvalue weighted by Crippen LogP contribution is 2.22. The van der Waals surface area contributed by atoms with Crippen LogP contribution in [0.5, 0.6) is 0 Å². The van der Waals surface area contributed by atoms with Gasteiger partial charge in [-0.05, 0) is 77.3 Å². The highest BCUT2D eigenvalue weighted by Gasteiger charge is 2.27. The predicted octanol–water partition coefficient (Wildman–Crippen LogP) is 4.46. The average Bonchev–Trinajstić information content (AvgIpc) is 2.77. The van der Waals surface area contributed by atoms with E-state index in [0.29, 0.717) is 18.6 Å². The van der Waals surface area contributed by atoms with E-state index >= 15 is 0 Å². The van der Waals surface area contributed by atoms with Crippen LogP contribution in [-0.4, -0.2) is 54.4 Å². The number of hydrogen-bond donors (Lipinski definition) is 2. The molecule has 1 aromatic carbocycles. The third-order valence-electron chi connectivity index (χ3n) is 6.22. The number of alkyl carbamates (subject to hydrolysis) is 1. The van der Waals surface area contributed by atoms with Crippen LogP contribution >= 0.6 is 0 Å². The maximum absolute atomic E-state index is 12.3. The lowest BCUT2D eigenvalue weighted by molar-refractivity contribution is 0.0489. The number of piperidine rings is 1. The maximum atomic E-state index is 12.3. The molecular formula is C25H39N3O4. The molecule has 7 nitrogen and oxygen atoms in total. The van der Waals surface area contributed by atoms with Crippen molar-refractivity contribution in [2.24, 2.45) is 5.92 Å². The first-order chi connectivity index (χ1) is 15.3. The number of amides is 2. The molecule has 0 radical (unpaired) electrons. The van der Waals surface area contributed by atoms with Crippen molar-refractivity contribution in [2.75, 3.05) is 19.6 Å². The first-order valence-electron chi connectivity index (χ1n) is 12.0. The number of benzene rings is 1.